The van der Waals surface area contributed by atoms with Crippen molar-refractivity contribution in [2.45, 2.75) is 38.2 Å². The fraction of sp³-hybridized carbons (Fsp3) is 0.267. The van der Waals surface area contributed by atoms with E-state index in [2.05, 4.69) is 30.7 Å². The van der Waals surface area contributed by atoms with Gasteiger partial charge in [0.15, 0.2) is 5.15 Å². The molecule has 0 spiro atoms. The first-order valence-corrected chi connectivity index (χ1v) is 15.1. The van der Waals surface area contributed by atoms with Crippen LogP contribution in [0.2, 0.25) is 10.2 Å². The molecule has 1 aromatic carbocycles. The monoisotopic (exact) mass is 721 g/mol. The number of alkyl halides is 4. The third-order valence-electron chi connectivity index (χ3n) is 7.63. The van der Waals surface area contributed by atoms with Crippen molar-refractivity contribution in [2.24, 2.45) is 13.0 Å². The van der Waals surface area contributed by atoms with Gasteiger partial charge in [0.1, 0.15) is 6.17 Å². The van der Waals surface area contributed by atoms with Gasteiger partial charge in [-0.3, -0.25) is 23.8 Å². The molecule has 2 bridgehead atoms. The second-order valence-corrected chi connectivity index (χ2v) is 11.7. The second-order valence-electron chi connectivity index (χ2n) is 10.9. The van der Waals surface area contributed by atoms with Gasteiger partial charge in [-0.2, -0.15) is 18.3 Å². The topological polar surface area (TPSA) is 163 Å². The van der Waals surface area contributed by atoms with Crippen LogP contribution in [0.1, 0.15) is 31.5 Å². The number of carboxylic acid groups (broad SMARTS) is 1. The summed E-state index contributed by atoms with van der Waals surface area (Å²) in [5, 5.41) is 22.7. The number of aromatic nitrogens is 8. The molecule has 5 heterocycles. The maximum absolute atomic E-state index is 15.3. The molecule has 0 saturated carbocycles. The summed E-state index contributed by atoms with van der Waals surface area (Å²) in [6.45, 7) is 1.54. The minimum atomic E-state index is -5.08. The first-order valence-electron chi connectivity index (χ1n) is 14.3. The number of hydrogen-bond acceptors (Lipinski definition) is 8. The molecular formula is C30H25Cl2F4N9O4. The molecule has 1 amide bonds. The lowest BCUT2D eigenvalue weighted by atomic mass is 9.95. The van der Waals surface area contributed by atoms with Crippen LogP contribution in [0.3, 0.4) is 0 Å². The number of halogens is 6. The molecule has 256 valence electrons. The fourth-order valence-electron chi connectivity index (χ4n) is 5.12. The largest absolute Gasteiger partial charge is 0.490 e. The van der Waals surface area contributed by atoms with E-state index in [4.69, 9.17) is 33.1 Å². The number of nitrogens with zero attached hydrogens (tertiary/aromatic N) is 8. The van der Waals surface area contributed by atoms with E-state index in [0.717, 1.165) is 5.56 Å². The predicted octanol–water partition coefficient (Wildman–Crippen LogP) is 5.52. The summed E-state index contributed by atoms with van der Waals surface area (Å²) < 4.78 is 51.6. The summed E-state index contributed by atoms with van der Waals surface area (Å²) >= 11 is 12.3. The Balaban J connectivity index is 0.000000606. The average Bonchev–Trinajstić information content (AvgIpc) is 3.65. The molecule has 0 radical (unpaired) electrons. The number of rotatable bonds is 3. The van der Waals surface area contributed by atoms with Crippen molar-refractivity contribution in [3.63, 3.8) is 0 Å². The molecule has 49 heavy (non-hydrogen) atoms. The van der Waals surface area contributed by atoms with Gasteiger partial charge in [-0.05, 0) is 43.2 Å². The van der Waals surface area contributed by atoms with Crippen molar-refractivity contribution < 1.29 is 32.3 Å². The van der Waals surface area contributed by atoms with Gasteiger partial charge in [0.2, 0.25) is 5.91 Å². The summed E-state index contributed by atoms with van der Waals surface area (Å²) in [6, 6.07) is 9.42. The van der Waals surface area contributed by atoms with Crippen LogP contribution in [0.25, 0.3) is 28.2 Å². The summed E-state index contributed by atoms with van der Waals surface area (Å²) in [5.41, 5.74) is 3.46. The number of carboxylic acids is 1. The normalized spacial score (nSPS) is 17.9. The predicted molar refractivity (Wildman–Crippen MR) is 169 cm³/mol. The SMILES string of the molecule is C[C@@H]1C(=O)Nc2cnn(C)c2-c2ccnc(c2)[C@@H](n2cnc(-c3cc(Cl)ccc3-n3cc(Cl)nn3)cc2=O)CCC1F.O=C(O)C(F)(F)F. The summed E-state index contributed by atoms with van der Waals surface area (Å²) in [5.74, 6) is -4.13. The average molecular weight is 722 g/mol. The molecule has 5 aromatic rings. The van der Waals surface area contributed by atoms with E-state index >= 15 is 4.39 Å². The van der Waals surface area contributed by atoms with Crippen LogP contribution in [0.15, 0.2) is 66.1 Å². The van der Waals surface area contributed by atoms with E-state index in [1.54, 1.807) is 49.1 Å². The van der Waals surface area contributed by atoms with Crippen molar-refractivity contribution in [3.8, 4) is 28.2 Å². The van der Waals surface area contributed by atoms with Crippen molar-refractivity contribution >= 4 is 40.8 Å². The van der Waals surface area contributed by atoms with Crippen LogP contribution in [-0.2, 0) is 16.6 Å². The van der Waals surface area contributed by atoms with Gasteiger partial charge in [-0.1, -0.05) is 35.3 Å². The number of nitrogens with one attached hydrogen (secondary N) is 1. The molecule has 0 aliphatic carbocycles. The van der Waals surface area contributed by atoms with E-state index < -0.39 is 36.2 Å². The van der Waals surface area contributed by atoms with Crippen molar-refractivity contribution in [3.05, 3.63) is 87.5 Å². The fourth-order valence-corrected chi connectivity index (χ4v) is 5.42. The highest BCUT2D eigenvalue weighted by Crippen LogP contribution is 2.34. The molecule has 1 unspecified atom stereocenters. The van der Waals surface area contributed by atoms with Gasteiger partial charge in [0.05, 0.1) is 59.1 Å². The highest BCUT2D eigenvalue weighted by molar-refractivity contribution is 6.31. The van der Waals surface area contributed by atoms with Gasteiger partial charge in [0.25, 0.3) is 5.56 Å². The van der Waals surface area contributed by atoms with E-state index in [0.29, 0.717) is 39.0 Å². The van der Waals surface area contributed by atoms with Crippen molar-refractivity contribution in [1.82, 2.24) is 39.3 Å². The lowest BCUT2D eigenvalue weighted by Gasteiger charge is -2.24. The van der Waals surface area contributed by atoms with Crippen molar-refractivity contribution in [1.29, 1.82) is 0 Å². The Morgan fingerprint density at radius 3 is 2.47 bits per heavy atom. The number of carbonyl (C=O) groups excluding carboxylic acids is 1. The summed E-state index contributed by atoms with van der Waals surface area (Å²) in [6.07, 6.45) is -0.227. The minimum Gasteiger partial charge on any atom is -0.475 e. The van der Waals surface area contributed by atoms with Gasteiger partial charge >= 0.3 is 12.1 Å². The Morgan fingerprint density at radius 1 is 1.08 bits per heavy atom. The molecule has 3 atom stereocenters. The number of pyridine rings is 1. The molecule has 1 aliphatic heterocycles. The molecule has 6 rings (SSSR count). The molecule has 19 heteroatoms. The minimum absolute atomic E-state index is 0.0186. The molecule has 1 aliphatic rings. The first-order chi connectivity index (χ1) is 23.1. The van der Waals surface area contributed by atoms with Crippen LogP contribution >= 0.6 is 23.2 Å². The smallest absolute Gasteiger partial charge is 0.475 e. The third kappa shape index (κ3) is 7.78. The zero-order chi connectivity index (χ0) is 35.6. The third-order valence-corrected chi connectivity index (χ3v) is 8.03. The van der Waals surface area contributed by atoms with E-state index in [1.807, 2.05) is 6.07 Å². The quantitative estimate of drug-likeness (QED) is 0.228. The number of carbonyl (C=O) groups is 2. The highest BCUT2D eigenvalue weighted by atomic mass is 35.5. The maximum atomic E-state index is 15.3. The summed E-state index contributed by atoms with van der Waals surface area (Å²) in [4.78, 5) is 44.6. The van der Waals surface area contributed by atoms with Crippen LogP contribution < -0.4 is 10.9 Å². The maximum Gasteiger partial charge on any atom is 0.490 e. The van der Waals surface area contributed by atoms with Gasteiger partial charge in [-0.15, -0.1) is 5.10 Å². The Labute approximate surface area is 284 Å². The molecule has 4 aromatic heterocycles. The lowest BCUT2D eigenvalue weighted by molar-refractivity contribution is -0.192. The first kappa shape index (κ1) is 35.2. The number of aryl methyl sites for hydroxylation is 1. The molecule has 13 nitrogen and oxygen atoms in total. The molecular weight excluding hydrogens is 697 g/mol. The van der Waals surface area contributed by atoms with E-state index in [9.17, 15) is 22.8 Å². The zero-order valence-corrected chi connectivity index (χ0v) is 26.9. The Morgan fingerprint density at radius 2 is 1.82 bits per heavy atom. The molecule has 0 saturated heterocycles. The number of anilines is 1. The molecule has 2 N–H and O–H groups in total. The Bertz CT molecular complexity index is 2080. The van der Waals surface area contributed by atoms with Gasteiger partial charge in [-0.25, -0.2) is 18.9 Å². The van der Waals surface area contributed by atoms with E-state index in [1.165, 1.54) is 34.0 Å². The Hall–Kier alpha value is -5.16. The number of hydrogen-bond donors (Lipinski definition) is 2. The van der Waals surface area contributed by atoms with Gasteiger partial charge < -0.3 is 10.4 Å². The number of amides is 1. The number of fused-ring (bicyclic) bond motifs is 4. The van der Waals surface area contributed by atoms with Crippen LogP contribution in [0, 0.1) is 5.92 Å². The lowest BCUT2D eigenvalue weighted by Crippen LogP contribution is -2.31. The second kappa shape index (κ2) is 14.1. The summed E-state index contributed by atoms with van der Waals surface area (Å²) in [7, 11) is 1.75. The molecule has 0 fully saturated rings. The van der Waals surface area contributed by atoms with Crippen molar-refractivity contribution in [2.75, 3.05) is 5.32 Å². The Kier molecular flexibility index (Phi) is 10.1. The zero-order valence-electron chi connectivity index (χ0n) is 25.4. The van der Waals surface area contributed by atoms with E-state index in [-0.39, 0.29) is 23.6 Å². The van der Waals surface area contributed by atoms with Crippen LogP contribution in [0.5, 0.6) is 0 Å². The number of aliphatic carboxylic acids is 1. The van der Waals surface area contributed by atoms with Crippen LogP contribution in [-0.4, -0.2) is 68.6 Å². The highest BCUT2D eigenvalue weighted by Gasteiger charge is 2.38. The standard InChI is InChI=1S/C28H24Cl2FN9O2.C2HF3O2/c1-15-19(31)4-6-24(21-9-16(7-8-32-21)27-22(35-28(15)42)12-34-38(27)2)39-14-33-20(11-26(39)41)18-10-17(29)3-5-23(18)40-13-25(30)36-37-40;3-2(4,5)1(6)7/h3,5,7-15,19,24H,4,6H2,1-2H3,(H,35,42);(H,6,7)/t15-,19?,24-;/m0./s1. The van der Waals surface area contributed by atoms with Gasteiger partial charge in [0, 0.05) is 35.5 Å². The van der Waals surface area contributed by atoms with Crippen LogP contribution in [0.4, 0.5) is 23.2 Å². The number of benzene rings is 1.